The van der Waals surface area contributed by atoms with Crippen LogP contribution in [-0.4, -0.2) is 26.0 Å². The van der Waals surface area contributed by atoms with Gasteiger partial charge in [0.05, 0.1) is 11.3 Å². The van der Waals surface area contributed by atoms with Crippen molar-refractivity contribution in [3.63, 3.8) is 0 Å². The molecule has 4 rings (SSSR count). The maximum atomic E-state index is 11.9. The number of rotatable bonds is 5. The molecule has 1 amide bonds. The third-order valence-corrected chi connectivity index (χ3v) is 5.16. The van der Waals surface area contributed by atoms with E-state index in [9.17, 15) is 9.90 Å². The van der Waals surface area contributed by atoms with Gasteiger partial charge in [-0.2, -0.15) is 0 Å². The number of nitrogens with one attached hydrogen (secondary N) is 1. The van der Waals surface area contributed by atoms with Crippen molar-refractivity contribution in [3.05, 3.63) is 70.9 Å². The van der Waals surface area contributed by atoms with Crippen LogP contribution < -0.4 is 11.1 Å². The predicted molar refractivity (Wildman–Crippen MR) is 118 cm³/mol. The highest BCUT2D eigenvalue weighted by Crippen LogP contribution is 2.31. The van der Waals surface area contributed by atoms with Gasteiger partial charge in [-0.15, -0.1) is 11.3 Å². The topological polar surface area (TPSA) is 114 Å². The SMILES string of the molecule is Cc1cc(C)nc(-c2cc(Nc3nc(-c4cccc(O)c4)cs3)ccc2C(N)=O)n1. The van der Waals surface area contributed by atoms with Crippen LogP contribution in [0, 0.1) is 13.8 Å². The van der Waals surface area contributed by atoms with Gasteiger partial charge in [-0.3, -0.25) is 4.79 Å². The van der Waals surface area contributed by atoms with E-state index in [1.54, 1.807) is 36.4 Å². The lowest BCUT2D eigenvalue weighted by atomic mass is 10.0. The Balaban J connectivity index is 1.68. The summed E-state index contributed by atoms with van der Waals surface area (Å²) < 4.78 is 0. The third kappa shape index (κ3) is 4.13. The van der Waals surface area contributed by atoms with E-state index in [4.69, 9.17) is 5.73 Å². The highest BCUT2D eigenvalue weighted by molar-refractivity contribution is 7.14. The number of nitrogens with zero attached hydrogens (tertiary/aromatic N) is 3. The number of aromatic nitrogens is 3. The van der Waals surface area contributed by atoms with Crippen molar-refractivity contribution in [1.82, 2.24) is 15.0 Å². The summed E-state index contributed by atoms with van der Waals surface area (Å²) in [4.78, 5) is 25.4. The third-order valence-electron chi connectivity index (χ3n) is 4.41. The van der Waals surface area contributed by atoms with Crippen LogP contribution in [0.25, 0.3) is 22.6 Å². The Labute approximate surface area is 177 Å². The van der Waals surface area contributed by atoms with Crippen LogP contribution in [0.1, 0.15) is 21.7 Å². The molecule has 7 nitrogen and oxygen atoms in total. The molecule has 0 atom stereocenters. The lowest BCUT2D eigenvalue weighted by Crippen LogP contribution is -2.13. The average molecular weight is 417 g/mol. The second-order valence-electron chi connectivity index (χ2n) is 6.81. The van der Waals surface area contributed by atoms with E-state index in [-0.39, 0.29) is 5.75 Å². The molecular formula is C22H19N5O2S. The van der Waals surface area contributed by atoms with Gasteiger partial charge in [0, 0.05) is 33.6 Å². The number of hydrogen-bond acceptors (Lipinski definition) is 7. The van der Waals surface area contributed by atoms with E-state index in [0.717, 1.165) is 28.3 Å². The number of thiazole rings is 1. The van der Waals surface area contributed by atoms with Crippen LogP contribution >= 0.6 is 11.3 Å². The highest BCUT2D eigenvalue weighted by Gasteiger charge is 2.15. The van der Waals surface area contributed by atoms with Crippen LogP contribution in [0.3, 0.4) is 0 Å². The minimum atomic E-state index is -0.542. The van der Waals surface area contributed by atoms with Gasteiger partial charge in [0.1, 0.15) is 5.75 Å². The molecule has 2 aromatic heterocycles. The predicted octanol–water partition coefficient (Wildman–Crippen LogP) is 4.43. The molecule has 0 bridgehead atoms. The maximum absolute atomic E-state index is 11.9. The zero-order valence-electron chi connectivity index (χ0n) is 16.4. The summed E-state index contributed by atoms with van der Waals surface area (Å²) in [5.41, 5.74) is 10.4. The smallest absolute Gasteiger partial charge is 0.249 e. The quantitative estimate of drug-likeness (QED) is 0.442. The van der Waals surface area contributed by atoms with Crippen LogP contribution in [0.4, 0.5) is 10.8 Å². The van der Waals surface area contributed by atoms with Crippen LogP contribution in [0.5, 0.6) is 5.75 Å². The number of benzene rings is 2. The first-order valence-corrected chi connectivity index (χ1v) is 10.1. The second kappa shape index (κ2) is 7.92. The first-order chi connectivity index (χ1) is 14.4. The van der Waals surface area contributed by atoms with Gasteiger partial charge in [-0.05, 0) is 50.2 Å². The molecule has 0 saturated heterocycles. The monoisotopic (exact) mass is 417 g/mol. The number of anilines is 2. The molecule has 0 aliphatic carbocycles. The molecule has 0 fully saturated rings. The molecule has 2 aromatic carbocycles. The van der Waals surface area contributed by atoms with Crippen LogP contribution in [-0.2, 0) is 0 Å². The van der Waals surface area contributed by atoms with E-state index in [0.29, 0.717) is 22.1 Å². The van der Waals surface area contributed by atoms with Crippen molar-refractivity contribution in [2.75, 3.05) is 5.32 Å². The Morgan fingerprint density at radius 2 is 1.80 bits per heavy atom. The molecule has 150 valence electrons. The normalized spacial score (nSPS) is 10.7. The number of phenols is 1. The molecule has 0 saturated carbocycles. The molecule has 4 N–H and O–H groups in total. The first kappa shape index (κ1) is 19.5. The van der Waals surface area contributed by atoms with Crippen molar-refractivity contribution in [1.29, 1.82) is 0 Å². The molecule has 0 spiro atoms. The van der Waals surface area contributed by atoms with E-state index in [1.165, 1.54) is 11.3 Å². The molecule has 0 radical (unpaired) electrons. The van der Waals surface area contributed by atoms with Crippen molar-refractivity contribution in [2.24, 2.45) is 5.73 Å². The number of amides is 1. The maximum Gasteiger partial charge on any atom is 0.249 e. The summed E-state index contributed by atoms with van der Waals surface area (Å²) in [6.07, 6.45) is 0. The Morgan fingerprint density at radius 1 is 1.03 bits per heavy atom. The van der Waals surface area contributed by atoms with Crippen molar-refractivity contribution >= 4 is 28.1 Å². The number of carbonyl (C=O) groups is 1. The lowest BCUT2D eigenvalue weighted by Gasteiger charge is -2.10. The van der Waals surface area contributed by atoms with Crippen molar-refractivity contribution in [2.45, 2.75) is 13.8 Å². The number of nitrogens with two attached hydrogens (primary N) is 1. The minimum absolute atomic E-state index is 0.190. The molecule has 4 aromatic rings. The van der Waals surface area contributed by atoms with Gasteiger partial charge in [0.25, 0.3) is 0 Å². The van der Waals surface area contributed by atoms with Crippen LogP contribution in [0.15, 0.2) is 53.9 Å². The fourth-order valence-electron chi connectivity index (χ4n) is 3.12. The molecule has 0 unspecified atom stereocenters. The molecule has 2 heterocycles. The van der Waals surface area contributed by atoms with E-state index < -0.39 is 5.91 Å². The second-order valence-corrected chi connectivity index (χ2v) is 7.67. The average Bonchev–Trinajstić information content (AvgIpc) is 3.15. The number of aromatic hydroxyl groups is 1. The minimum Gasteiger partial charge on any atom is -0.508 e. The standard InChI is InChI=1S/C22H19N5O2S/c1-12-8-13(2)25-21(24-12)18-10-15(6-7-17(18)20(23)29)26-22-27-19(11-30-22)14-4-3-5-16(28)9-14/h3-11,28H,1-2H3,(H2,23,29)(H,26,27). The molecule has 0 aliphatic heterocycles. The largest absolute Gasteiger partial charge is 0.508 e. The summed E-state index contributed by atoms with van der Waals surface area (Å²) in [5.74, 6) is 0.0967. The van der Waals surface area contributed by atoms with Gasteiger partial charge < -0.3 is 16.2 Å². The fourth-order valence-corrected chi connectivity index (χ4v) is 3.86. The summed E-state index contributed by atoms with van der Waals surface area (Å²) >= 11 is 1.44. The van der Waals surface area contributed by atoms with E-state index in [2.05, 4.69) is 20.3 Å². The van der Waals surface area contributed by atoms with Crippen LogP contribution in [0.2, 0.25) is 0 Å². The number of phenolic OH excluding ortho intramolecular Hbond substituents is 1. The number of aryl methyl sites for hydroxylation is 2. The van der Waals surface area contributed by atoms with Gasteiger partial charge in [-0.1, -0.05) is 12.1 Å². The molecule has 0 aliphatic rings. The molecule has 8 heteroatoms. The zero-order valence-corrected chi connectivity index (χ0v) is 17.2. The van der Waals surface area contributed by atoms with Gasteiger partial charge in [0.15, 0.2) is 11.0 Å². The summed E-state index contributed by atoms with van der Waals surface area (Å²) in [7, 11) is 0. The molecule has 30 heavy (non-hydrogen) atoms. The number of carbonyl (C=O) groups excluding carboxylic acids is 1. The summed E-state index contributed by atoms with van der Waals surface area (Å²) in [5, 5.41) is 15.5. The Kier molecular flexibility index (Phi) is 5.16. The fraction of sp³-hybridized carbons (Fsp3) is 0.0909. The summed E-state index contributed by atoms with van der Waals surface area (Å²) in [6.45, 7) is 3.76. The van der Waals surface area contributed by atoms with E-state index >= 15 is 0 Å². The van der Waals surface area contributed by atoms with Gasteiger partial charge >= 0.3 is 0 Å². The van der Waals surface area contributed by atoms with Gasteiger partial charge in [-0.25, -0.2) is 15.0 Å². The number of primary amides is 1. The van der Waals surface area contributed by atoms with E-state index in [1.807, 2.05) is 31.4 Å². The Morgan fingerprint density at radius 3 is 2.50 bits per heavy atom. The first-order valence-electron chi connectivity index (χ1n) is 9.17. The molecular weight excluding hydrogens is 398 g/mol. The van der Waals surface area contributed by atoms with Crippen molar-refractivity contribution < 1.29 is 9.90 Å². The summed E-state index contributed by atoms with van der Waals surface area (Å²) in [6, 6.07) is 14.0. The van der Waals surface area contributed by atoms with Gasteiger partial charge in [0.2, 0.25) is 5.91 Å². The Hall–Kier alpha value is -3.78. The lowest BCUT2D eigenvalue weighted by molar-refractivity contribution is 0.100. The number of hydrogen-bond donors (Lipinski definition) is 3. The Bertz CT molecular complexity index is 1230. The van der Waals surface area contributed by atoms with Crippen molar-refractivity contribution in [3.8, 4) is 28.4 Å². The highest BCUT2D eigenvalue weighted by atomic mass is 32.1. The zero-order chi connectivity index (χ0) is 21.3.